The average molecular weight is 1470 g/mol. The molecular weight excluding hydrogens is 1300 g/mol. The van der Waals surface area contributed by atoms with E-state index < -0.39 is 0 Å². The number of benzene rings is 9. The van der Waals surface area contributed by atoms with Crippen LogP contribution in [0, 0.1) is 0 Å². The molecule has 0 aromatic heterocycles. The van der Waals surface area contributed by atoms with Crippen molar-refractivity contribution in [2.24, 2.45) is 0 Å². The van der Waals surface area contributed by atoms with Gasteiger partial charge in [-0.05, 0) is 164 Å². The molecular formula is C108H174. The minimum absolute atomic E-state index is 0.190. The first-order chi connectivity index (χ1) is 49.2. The summed E-state index contributed by atoms with van der Waals surface area (Å²) >= 11 is 0. The van der Waals surface area contributed by atoms with E-state index in [1.807, 2.05) is 83.1 Å². The molecule has 0 saturated carbocycles. The number of rotatable bonds is 0. The fourth-order valence-corrected chi connectivity index (χ4v) is 11.5. The van der Waals surface area contributed by atoms with E-state index in [2.05, 4.69) is 431 Å². The monoisotopic (exact) mass is 1470 g/mol. The number of hydrogen-bond acceptors (Lipinski definition) is 0. The molecule has 0 amide bonds. The van der Waals surface area contributed by atoms with E-state index in [0.29, 0.717) is 0 Å². The van der Waals surface area contributed by atoms with Crippen molar-refractivity contribution in [1.82, 2.24) is 0 Å². The van der Waals surface area contributed by atoms with E-state index in [1.165, 1.54) is 99.1 Å². The molecule has 0 aliphatic heterocycles. The largest absolute Gasteiger partial charge is 0.0683 e. The fourth-order valence-electron chi connectivity index (χ4n) is 11.5. The topological polar surface area (TPSA) is 0 Å². The van der Waals surface area contributed by atoms with E-state index in [-0.39, 0.29) is 65.0 Å². The molecule has 606 valence electrons. The van der Waals surface area contributed by atoms with E-state index in [9.17, 15) is 0 Å². The van der Waals surface area contributed by atoms with E-state index in [1.54, 1.807) is 0 Å². The van der Waals surface area contributed by atoms with Crippen LogP contribution >= 0.6 is 0 Å². The van der Waals surface area contributed by atoms with Crippen molar-refractivity contribution < 1.29 is 0 Å². The fraction of sp³-hybridized carbons (Fsp3) is 0.556. The lowest BCUT2D eigenvalue weighted by Crippen LogP contribution is -2.21. The van der Waals surface area contributed by atoms with Gasteiger partial charge in [0.05, 0.1) is 0 Å². The minimum Gasteiger partial charge on any atom is -0.0683 e. The van der Waals surface area contributed by atoms with Gasteiger partial charge < -0.3 is 0 Å². The summed E-state index contributed by atoms with van der Waals surface area (Å²) in [6, 6.07) is 67.5. The highest BCUT2D eigenvalue weighted by atomic mass is 14.3. The Bertz CT molecular complexity index is 3720. The third-order valence-electron chi connectivity index (χ3n) is 18.5. The third kappa shape index (κ3) is 36.3. The van der Waals surface area contributed by atoms with Crippen molar-refractivity contribution in [2.75, 3.05) is 0 Å². The molecule has 0 radical (unpaired) electrons. The van der Waals surface area contributed by atoms with Crippen LogP contribution < -0.4 is 0 Å². The summed E-state index contributed by atoms with van der Waals surface area (Å²) in [4.78, 5) is 0. The summed E-state index contributed by atoms with van der Waals surface area (Å²) in [6.45, 7) is 106. The highest BCUT2D eigenvalue weighted by Gasteiger charge is 2.26. The van der Waals surface area contributed by atoms with Gasteiger partial charge in [0.15, 0.2) is 0 Å². The van der Waals surface area contributed by atoms with Gasteiger partial charge in [0.2, 0.25) is 0 Å². The van der Waals surface area contributed by atoms with Crippen LogP contribution in [-0.4, -0.2) is 0 Å². The molecule has 0 atom stereocenters. The molecule has 9 rings (SSSR count). The first-order valence-corrected chi connectivity index (χ1v) is 42.2. The van der Waals surface area contributed by atoms with Crippen LogP contribution in [0.4, 0.5) is 0 Å². The normalized spacial score (nSPS) is 11.9. The van der Waals surface area contributed by atoms with Gasteiger partial charge in [-0.25, -0.2) is 0 Å². The SMILES string of the molecule is CC.CC.CC.CC.CC.CC.CC(C)(C)c1ccc(C(C)(C)C)cc1.CC(C)(C)c1ccc2cc(C(C)(C)C)ccc2c1.CC(C)(C)c1ccc2ccc(C(C)(C)C)cc2c1.CC(C)(C)c1ccc2cccc(C(C)(C)C)c2c1.CC(C)(C)c1cccc(C(C)(C)C)c1.CC(C)(C)c1ccccc1C(C)(C)C. The Labute approximate surface area is 674 Å². The van der Waals surface area contributed by atoms with Gasteiger partial charge in [0.25, 0.3) is 0 Å². The van der Waals surface area contributed by atoms with Gasteiger partial charge >= 0.3 is 0 Å². The maximum absolute atomic E-state index is 2.37. The maximum Gasteiger partial charge on any atom is -0.0126 e. The molecule has 108 heavy (non-hydrogen) atoms. The molecule has 0 nitrogen and oxygen atoms in total. The van der Waals surface area contributed by atoms with Gasteiger partial charge in [-0.1, -0.05) is 514 Å². The van der Waals surface area contributed by atoms with Crippen molar-refractivity contribution in [3.8, 4) is 0 Å². The van der Waals surface area contributed by atoms with Gasteiger partial charge in [-0.3, -0.25) is 0 Å². The van der Waals surface area contributed by atoms with E-state index in [4.69, 9.17) is 0 Å². The molecule has 9 aromatic carbocycles. The first-order valence-electron chi connectivity index (χ1n) is 42.2. The van der Waals surface area contributed by atoms with Crippen molar-refractivity contribution in [2.45, 2.75) is 397 Å². The average Bonchev–Trinajstić information content (AvgIpc) is 0.799. The van der Waals surface area contributed by atoms with Crippen LogP contribution in [-0.2, 0) is 65.0 Å². The van der Waals surface area contributed by atoms with Gasteiger partial charge in [0, 0.05) is 0 Å². The lowest BCUT2D eigenvalue weighted by Gasteiger charge is -2.29. The Hall–Kier alpha value is -6.24. The molecule has 0 heterocycles. The zero-order valence-electron chi connectivity index (χ0n) is 80.3. The summed E-state index contributed by atoms with van der Waals surface area (Å²) in [6.07, 6.45) is 0. The quantitative estimate of drug-likeness (QED) is 0.142. The van der Waals surface area contributed by atoms with Crippen LogP contribution in [0.2, 0.25) is 0 Å². The van der Waals surface area contributed by atoms with Gasteiger partial charge in [-0.2, -0.15) is 0 Å². The molecule has 0 aliphatic rings. The van der Waals surface area contributed by atoms with Crippen molar-refractivity contribution in [3.05, 3.63) is 249 Å². The van der Waals surface area contributed by atoms with Crippen molar-refractivity contribution >= 4 is 32.3 Å². The van der Waals surface area contributed by atoms with Crippen LogP contribution in [0.1, 0.15) is 399 Å². The summed E-state index contributed by atoms with van der Waals surface area (Å²) in [5.41, 5.74) is 19.8. The molecule has 0 spiro atoms. The van der Waals surface area contributed by atoms with Crippen molar-refractivity contribution in [3.63, 3.8) is 0 Å². The van der Waals surface area contributed by atoms with Crippen LogP contribution in [0.15, 0.2) is 182 Å². The van der Waals surface area contributed by atoms with E-state index in [0.717, 1.165) is 0 Å². The zero-order chi connectivity index (χ0) is 85.6. The Kier molecular flexibility index (Phi) is 43.9. The van der Waals surface area contributed by atoms with Gasteiger partial charge in [-0.15, -0.1) is 0 Å². The Morgan fingerprint density at radius 1 is 0.130 bits per heavy atom. The molecule has 0 unspecified atom stereocenters. The molecule has 0 heteroatoms. The Morgan fingerprint density at radius 3 is 0.574 bits per heavy atom. The van der Waals surface area contributed by atoms with Crippen LogP contribution in [0.5, 0.6) is 0 Å². The van der Waals surface area contributed by atoms with Crippen LogP contribution in [0.3, 0.4) is 0 Å². The second-order valence-electron chi connectivity index (χ2n) is 40.0. The summed E-state index contributed by atoms with van der Waals surface area (Å²) in [5, 5.41) is 8.12. The summed E-state index contributed by atoms with van der Waals surface area (Å²) in [5.74, 6) is 0. The summed E-state index contributed by atoms with van der Waals surface area (Å²) < 4.78 is 0. The van der Waals surface area contributed by atoms with Crippen LogP contribution in [0.25, 0.3) is 32.3 Å². The number of hydrogen-bond donors (Lipinski definition) is 0. The highest BCUT2D eigenvalue weighted by molar-refractivity contribution is 5.88. The molecule has 0 aliphatic carbocycles. The molecule has 0 fully saturated rings. The Morgan fingerprint density at radius 2 is 0.324 bits per heavy atom. The maximum atomic E-state index is 2.37. The highest BCUT2D eigenvalue weighted by Crippen LogP contribution is 2.38. The molecule has 9 aromatic rings. The first kappa shape index (κ1) is 106. The van der Waals surface area contributed by atoms with E-state index >= 15 is 0 Å². The summed E-state index contributed by atoms with van der Waals surface area (Å²) in [7, 11) is 0. The smallest absolute Gasteiger partial charge is 0.0126 e. The van der Waals surface area contributed by atoms with Gasteiger partial charge in [0.1, 0.15) is 0 Å². The third-order valence-corrected chi connectivity index (χ3v) is 18.5. The zero-order valence-corrected chi connectivity index (χ0v) is 80.3. The van der Waals surface area contributed by atoms with Crippen molar-refractivity contribution in [1.29, 1.82) is 0 Å². The second kappa shape index (κ2) is 44.7. The lowest BCUT2D eigenvalue weighted by atomic mass is 9.75. The Balaban J connectivity index is -0.00000119. The second-order valence-corrected chi connectivity index (χ2v) is 40.0. The standard InChI is InChI=1S/3C18H24.3C14H22.6C2H6/c1-17(2,3)15-9-7-14-12-16(18(4,5)6)10-8-13(14)11-15;1-17(2,3)15-9-7-13-8-10-16(18(4,5)6)12-14(13)11-15;1-17(2,3)14-11-10-13-8-7-9-16(15(13)12-14)18(4,5)6;1-13(2,3)11-7-9-12(10-8-11)14(4,5)6;1-13(2,3)11-8-7-9-12(10-11)14(4,5)6;1-13(2,3)11-9-7-8-10-12(11)14(4,5)6;6*1-2/h3*7-12H,1-6H3;3*7-10H,1-6H3;6*1-2H3. The predicted octanol–water partition coefficient (Wildman–Crippen LogP) is 35.3. The number of fused-ring (bicyclic) bond motifs is 3. The molecule has 0 bridgehead atoms. The lowest BCUT2D eigenvalue weighted by molar-refractivity contribution is 0.530. The predicted molar refractivity (Wildman–Crippen MR) is 504 cm³/mol. The molecule has 0 N–H and O–H groups in total. The minimum atomic E-state index is 0.190. The molecule has 0 saturated heterocycles.